The summed E-state index contributed by atoms with van der Waals surface area (Å²) < 4.78 is 2.40. The number of hydrogen-bond acceptors (Lipinski definition) is 3. The van der Waals surface area contributed by atoms with Crippen LogP contribution in [0.5, 0.6) is 0 Å². The molecule has 2 nitrogen and oxygen atoms in total. The molecule has 0 saturated carbocycles. The number of carbonyl (C=O) groups excluding carboxylic acids is 1. The van der Waals surface area contributed by atoms with E-state index in [0.717, 1.165) is 17.7 Å². The first-order valence-corrected chi connectivity index (χ1v) is 8.78. The zero-order chi connectivity index (χ0) is 13.8. The average molecular weight is 316 g/mol. The Labute approximate surface area is 127 Å². The minimum atomic E-state index is 0.128. The molecule has 0 aromatic carbocycles. The minimum absolute atomic E-state index is 0.128. The van der Waals surface area contributed by atoms with Crippen molar-refractivity contribution in [1.82, 2.24) is 4.90 Å². The Morgan fingerprint density at radius 1 is 1.37 bits per heavy atom. The molecule has 2 heterocycles. The summed E-state index contributed by atoms with van der Waals surface area (Å²) >= 11 is 9.12. The molecule has 0 aliphatic rings. The van der Waals surface area contributed by atoms with Gasteiger partial charge in [-0.1, -0.05) is 13.8 Å². The van der Waals surface area contributed by atoms with Crippen LogP contribution in [-0.4, -0.2) is 29.3 Å². The molecule has 2 rings (SSSR count). The van der Waals surface area contributed by atoms with E-state index in [1.165, 1.54) is 9.40 Å². The molecule has 19 heavy (non-hydrogen) atoms. The van der Waals surface area contributed by atoms with E-state index in [1.807, 2.05) is 11.0 Å². The summed E-state index contributed by atoms with van der Waals surface area (Å²) in [5.74, 6) is 0.616. The third-order valence-corrected chi connectivity index (χ3v) is 5.57. The van der Waals surface area contributed by atoms with Gasteiger partial charge in [-0.2, -0.15) is 0 Å². The lowest BCUT2D eigenvalue weighted by Crippen LogP contribution is -2.40. The van der Waals surface area contributed by atoms with Crippen LogP contribution in [0.2, 0.25) is 0 Å². The SMILES string of the molecule is CCC(CC)N(CCCl)C(=O)c1cc2sccc2s1. The van der Waals surface area contributed by atoms with Crippen LogP contribution >= 0.6 is 34.3 Å². The largest absolute Gasteiger partial charge is 0.334 e. The highest BCUT2D eigenvalue weighted by Gasteiger charge is 2.23. The van der Waals surface area contributed by atoms with Gasteiger partial charge >= 0.3 is 0 Å². The van der Waals surface area contributed by atoms with Gasteiger partial charge in [0.15, 0.2) is 0 Å². The standard InChI is InChI=1S/C14H18ClNOS2/c1-3-10(4-2)16(7-6-15)14(17)13-9-12-11(19-13)5-8-18-12/h5,8-10H,3-4,6-7H2,1-2H3. The molecule has 0 unspecified atom stereocenters. The molecule has 0 aliphatic heterocycles. The van der Waals surface area contributed by atoms with Gasteiger partial charge in [0.2, 0.25) is 0 Å². The molecular weight excluding hydrogens is 298 g/mol. The number of fused-ring (bicyclic) bond motifs is 1. The van der Waals surface area contributed by atoms with Crippen LogP contribution in [0.3, 0.4) is 0 Å². The number of amides is 1. The second-order valence-corrected chi connectivity index (χ2v) is 6.83. The molecule has 0 saturated heterocycles. The van der Waals surface area contributed by atoms with E-state index in [2.05, 4.69) is 25.3 Å². The van der Waals surface area contributed by atoms with Crippen LogP contribution in [0.1, 0.15) is 36.4 Å². The average Bonchev–Trinajstić information content (AvgIpc) is 2.99. The quantitative estimate of drug-likeness (QED) is 0.699. The van der Waals surface area contributed by atoms with Gasteiger partial charge in [-0.25, -0.2) is 0 Å². The zero-order valence-corrected chi connectivity index (χ0v) is 13.6. The number of rotatable bonds is 6. The fourth-order valence-electron chi connectivity index (χ4n) is 2.28. The van der Waals surface area contributed by atoms with Gasteiger partial charge in [-0.3, -0.25) is 4.79 Å². The third-order valence-electron chi connectivity index (χ3n) is 3.32. The normalized spacial score (nSPS) is 11.4. The van der Waals surface area contributed by atoms with Crippen molar-refractivity contribution in [2.24, 2.45) is 0 Å². The van der Waals surface area contributed by atoms with E-state index in [-0.39, 0.29) is 11.9 Å². The summed E-state index contributed by atoms with van der Waals surface area (Å²) in [4.78, 5) is 15.4. The second kappa shape index (κ2) is 6.73. The first kappa shape index (κ1) is 14.8. The molecule has 0 spiro atoms. The number of halogens is 1. The summed E-state index contributed by atoms with van der Waals surface area (Å²) in [5, 5.41) is 2.06. The minimum Gasteiger partial charge on any atom is -0.334 e. The van der Waals surface area contributed by atoms with Crippen molar-refractivity contribution in [1.29, 1.82) is 0 Å². The van der Waals surface area contributed by atoms with Gasteiger partial charge in [-0.15, -0.1) is 34.3 Å². The Hall–Kier alpha value is -0.580. The lowest BCUT2D eigenvalue weighted by Gasteiger charge is -2.29. The highest BCUT2D eigenvalue weighted by molar-refractivity contribution is 7.27. The molecule has 5 heteroatoms. The van der Waals surface area contributed by atoms with E-state index in [4.69, 9.17) is 11.6 Å². The Morgan fingerprint density at radius 2 is 2.11 bits per heavy atom. The van der Waals surface area contributed by atoms with Crippen molar-refractivity contribution in [3.8, 4) is 0 Å². The predicted molar refractivity (Wildman–Crippen MR) is 85.8 cm³/mol. The maximum atomic E-state index is 12.6. The van der Waals surface area contributed by atoms with Gasteiger partial charge < -0.3 is 4.90 Å². The maximum absolute atomic E-state index is 12.6. The molecule has 0 bridgehead atoms. The van der Waals surface area contributed by atoms with Gasteiger partial charge in [0.05, 0.1) is 4.88 Å². The Kier molecular flexibility index (Phi) is 5.25. The number of carbonyl (C=O) groups is 1. The Bertz CT molecular complexity index is 516. The molecule has 104 valence electrons. The fraction of sp³-hybridized carbons (Fsp3) is 0.500. The summed E-state index contributed by atoms with van der Waals surface area (Å²) in [7, 11) is 0. The topological polar surface area (TPSA) is 20.3 Å². The van der Waals surface area contributed by atoms with E-state index in [0.29, 0.717) is 12.4 Å². The summed E-state index contributed by atoms with van der Waals surface area (Å²) in [6, 6.07) is 4.37. The highest BCUT2D eigenvalue weighted by Crippen LogP contribution is 2.31. The maximum Gasteiger partial charge on any atom is 0.264 e. The Balaban J connectivity index is 2.25. The van der Waals surface area contributed by atoms with Crippen LogP contribution in [0.15, 0.2) is 17.5 Å². The molecule has 2 aromatic heterocycles. The van der Waals surface area contributed by atoms with Gasteiger partial charge in [-0.05, 0) is 30.4 Å². The van der Waals surface area contributed by atoms with Crippen molar-refractivity contribution >= 4 is 49.6 Å². The zero-order valence-electron chi connectivity index (χ0n) is 11.2. The molecule has 0 radical (unpaired) electrons. The molecule has 1 amide bonds. The molecule has 0 aliphatic carbocycles. The van der Waals surface area contributed by atoms with Crippen LogP contribution in [0.4, 0.5) is 0 Å². The molecule has 0 N–H and O–H groups in total. The number of thiophene rings is 2. The van der Waals surface area contributed by atoms with E-state index >= 15 is 0 Å². The molecular formula is C14H18ClNOS2. The van der Waals surface area contributed by atoms with Crippen molar-refractivity contribution in [3.63, 3.8) is 0 Å². The predicted octanol–water partition coefficient (Wildman–Crippen LogP) is 4.83. The summed E-state index contributed by atoms with van der Waals surface area (Å²) in [5.41, 5.74) is 0. The van der Waals surface area contributed by atoms with Crippen molar-refractivity contribution in [3.05, 3.63) is 22.4 Å². The van der Waals surface area contributed by atoms with Crippen molar-refractivity contribution in [2.45, 2.75) is 32.7 Å². The second-order valence-electron chi connectivity index (χ2n) is 4.42. The van der Waals surface area contributed by atoms with Crippen LogP contribution in [-0.2, 0) is 0 Å². The lowest BCUT2D eigenvalue weighted by molar-refractivity contribution is 0.0687. The summed E-state index contributed by atoms with van der Waals surface area (Å²) in [6.45, 7) is 4.86. The third kappa shape index (κ3) is 3.12. The van der Waals surface area contributed by atoms with E-state index in [9.17, 15) is 4.79 Å². The summed E-state index contributed by atoms with van der Waals surface area (Å²) in [6.07, 6.45) is 1.94. The number of alkyl halides is 1. The highest BCUT2D eigenvalue weighted by atomic mass is 35.5. The first-order chi connectivity index (χ1) is 9.21. The van der Waals surface area contributed by atoms with E-state index in [1.54, 1.807) is 22.7 Å². The van der Waals surface area contributed by atoms with Gasteiger partial charge in [0, 0.05) is 27.9 Å². The van der Waals surface area contributed by atoms with Gasteiger partial charge in [0.1, 0.15) is 0 Å². The van der Waals surface area contributed by atoms with E-state index < -0.39 is 0 Å². The molecule has 0 fully saturated rings. The molecule has 0 atom stereocenters. The van der Waals surface area contributed by atoms with Crippen LogP contribution in [0.25, 0.3) is 9.40 Å². The first-order valence-electron chi connectivity index (χ1n) is 6.55. The lowest BCUT2D eigenvalue weighted by atomic mass is 10.1. The Morgan fingerprint density at radius 3 is 2.68 bits per heavy atom. The van der Waals surface area contributed by atoms with Crippen molar-refractivity contribution < 1.29 is 4.79 Å². The number of hydrogen-bond donors (Lipinski definition) is 0. The van der Waals surface area contributed by atoms with Gasteiger partial charge in [0.25, 0.3) is 5.91 Å². The molecule has 2 aromatic rings. The van der Waals surface area contributed by atoms with Crippen LogP contribution < -0.4 is 0 Å². The van der Waals surface area contributed by atoms with Crippen molar-refractivity contribution in [2.75, 3.05) is 12.4 Å². The fourth-order valence-corrected chi connectivity index (χ4v) is 4.53. The number of nitrogens with zero attached hydrogens (tertiary/aromatic N) is 1. The smallest absolute Gasteiger partial charge is 0.264 e. The monoisotopic (exact) mass is 315 g/mol. The van der Waals surface area contributed by atoms with Crippen LogP contribution in [0, 0.1) is 0 Å².